The number of carbonyl (C=O) groups excluding carboxylic acids is 4. The summed E-state index contributed by atoms with van der Waals surface area (Å²) >= 11 is 20.3. The first-order valence-electron chi connectivity index (χ1n) is 12.4. The summed E-state index contributed by atoms with van der Waals surface area (Å²) < 4.78 is 72.2. The summed E-state index contributed by atoms with van der Waals surface area (Å²) in [5.41, 5.74) is -1.60. The molecule has 2 aromatic carbocycles. The summed E-state index contributed by atoms with van der Waals surface area (Å²) in [5.74, 6) is -21.4. The van der Waals surface area contributed by atoms with Gasteiger partial charge >= 0.3 is 0 Å². The molecule has 4 amide bonds. The number of amides is 4. The quantitative estimate of drug-likeness (QED) is 0.124. The number of phenolic OH excluding ortho intramolecular Hbond substituents is 1. The van der Waals surface area contributed by atoms with E-state index in [4.69, 9.17) is 34.8 Å². The number of phenols is 1. The van der Waals surface area contributed by atoms with E-state index < -0.39 is 98.2 Å². The first-order valence-corrected chi connectivity index (χ1v) is 13.5. The molecular weight excluding hydrogens is 634 g/mol. The zero-order chi connectivity index (χ0) is 30.8. The molecule has 0 aromatic heterocycles. The van der Waals surface area contributed by atoms with Crippen LogP contribution in [0, 0.1) is 46.8 Å². The lowest BCUT2D eigenvalue weighted by atomic mass is 9.56. The van der Waals surface area contributed by atoms with Gasteiger partial charge in [0.1, 0.15) is 11.4 Å². The molecule has 0 radical (unpaired) electrons. The van der Waals surface area contributed by atoms with Crippen molar-refractivity contribution in [3.8, 4) is 5.75 Å². The van der Waals surface area contributed by atoms with Gasteiger partial charge in [0.05, 0.1) is 11.8 Å². The average molecular weight is 650 g/mol. The van der Waals surface area contributed by atoms with Crippen LogP contribution < -0.4 is 4.90 Å². The molecule has 6 unspecified atom stereocenters. The molecule has 6 atom stereocenters. The fourth-order valence-electron chi connectivity index (χ4n) is 6.82. The molecule has 15 heteroatoms. The van der Waals surface area contributed by atoms with Crippen molar-refractivity contribution in [3.63, 3.8) is 0 Å². The Morgan fingerprint density at radius 1 is 0.881 bits per heavy atom. The van der Waals surface area contributed by atoms with E-state index >= 15 is 0 Å². The standard InChI is InChI=1S/C27H16Cl3F5N2O5/c1-36-22(39)11-5-4-9-12(14(11)23(36)40)7-26(29)24(41)37(21-19(34)17(32)16(31)18(33)20(21)35)25(42)27(26,30)15(9)10-3-2-8(38)6-13(10)28/h2-4,6,11-12,14-15,38H,5,7H2,1H3. The highest BCUT2D eigenvalue weighted by Crippen LogP contribution is 2.66. The third-order valence-electron chi connectivity index (χ3n) is 8.74. The summed E-state index contributed by atoms with van der Waals surface area (Å²) in [6.07, 6.45) is 0.952. The smallest absolute Gasteiger partial charge is 0.258 e. The number of alkyl halides is 2. The Balaban J connectivity index is 1.63. The molecule has 4 aliphatic rings. The van der Waals surface area contributed by atoms with E-state index in [0.717, 1.165) is 11.0 Å². The maximum absolute atomic E-state index is 15.0. The largest absolute Gasteiger partial charge is 0.508 e. The number of allylic oxidation sites excluding steroid dienone is 2. The topological polar surface area (TPSA) is 95.0 Å². The van der Waals surface area contributed by atoms with E-state index in [1.54, 1.807) is 6.08 Å². The highest BCUT2D eigenvalue weighted by atomic mass is 35.5. The first kappa shape index (κ1) is 28.9. The van der Waals surface area contributed by atoms with Gasteiger partial charge in [0.25, 0.3) is 11.8 Å². The van der Waals surface area contributed by atoms with Crippen molar-refractivity contribution in [2.24, 2.45) is 17.8 Å². The van der Waals surface area contributed by atoms with Crippen LogP contribution in [0.25, 0.3) is 0 Å². The molecule has 2 aliphatic heterocycles. The number of hydrogen-bond acceptors (Lipinski definition) is 5. The SMILES string of the molecule is CN1C(=O)C2CC=C3C(CC4(Cl)C(=O)N(c5c(F)c(F)c(F)c(F)c5F)C(=O)C4(Cl)C3c3ccc(O)cc3Cl)C2C1=O. The van der Waals surface area contributed by atoms with Crippen molar-refractivity contribution >= 4 is 64.1 Å². The van der Waals surface area contributed by atoms with Crippen molar-refractivity contribution in [2.75, 3.05) is 11.9 Å². The Hall–Kier alpha value is -3.22. The van der Waals surface area contributed by atoms with Crippen molar-refractivity contribution in [1.82, 2.24) is 4.90 Å². The molecule has 1 N–H and O–H groups in total. The second-order valence-corrected chi connectivity index (χ2v) is 12.3. The Morgan fingerprint density at radius 3 is 2.07 bits per heavy atom. The summed E-state index contributed by atoms with van der Waals surface area (Å²) in [6, 6.07) is 3.52. The Morgan fingerprint density at radius 2 is 1.48 bits per heavy atom. The van der Waals surface area contributed by atoms with E-state index in [9.17, 15) is 46.2 Å². The van der Waals surface area contributed by atoms with Gasteiger partial charge in [0, 0.05) is 18.0 Å². The molecule has 220 valence electrons. The molecule has 2 aromatic rings. The van der Waals surface area contributed by atoms with E-state index in [0.29, 0.717) is 0 Å². The van der Waals surface area contributed by atoms with Crippen molar-refractivity contribution in [2.45, 2.75) is 28.5 Å². The highest BCUT2D eigenvalue weighted by Gasteiger charge is 2.77. The fourth-order valence-corrected chi connectivity index (χ4v) is 8.03. The van der Waals surface area contributed by atoms with Crippen LogP contribution in [0.15, 0.2) is 29.8 Å². The van der Waals surface area contributed by atoms with Gasteiger partial charge in [-0.3, -0.25) is 24.1 Å². The van der Waals surface area contributed by atoms with Crippen molar-refractivity contribution in [1.29, 1.82) is 0 Å². The number of halogens is 8. The lowest BCUT2D eigenvalue weighted by Gasteiger charge is -2.50. The molecule has 7 nitrogen and oxygen atoms in total. The molecule has 2 heterocycles. The zero-order valence-corrected chi connectivity index (χ0v) is 23.3. The minimum absolute atomic E-state index is 0.00873. The molecule has 1 saturated carbocycles. The predicted octanol–water partition coefficient (Wildman–Crippen LogP) is 4.93. The normalized spacial score (nSPS) is 32.3. The lowest BCUT2D eigenvalue weighted by Crippen LogP contribution is -2.60. The van der Waals surface area contributed by atoms with Gasteiger partial charge in [0.2, 0.25) is 17.6 Å². The van der Waals surface area contributed by atoms with Gasteiger partial charge in [-0.05, 0) is 36.5 Å². The van der Waals surface area contributed by atoms with Gasteiger partial charge in [-0.15, -0.1) is 23.2 Å². The van der Waals surface area contributed by atoms with Crippen LogP contribution in [0.2, 0.25) is 5.02 Å². The molecule has 2 aliphatic carbocycles. The van der Waals surface area contributed by atoms with Crippen LogP contribution in [-0.4, -0.2) is 50.4 Å². The highest BCUT2D eigenvalue weighted by molar-refractivity contribution is 6.58. The summed E-state index contributed by atoms with van der Waals surface area (Å²) in [5, 5.41) is 9.77. The number of hydrogen-bond donors (Lipinski definition) is 1. The monoisotopic (exact) mass is 648 g/mol. The summed E-state index contributed by atoms with van der Waals surface area (Å²) in [6.45, 7) is 0. The van der Waals surface area contributed by atoms with Crippen LogP contribution in [0.5, 0.6) is 5.75 Å². The number of fused-ring (bicyclic) bond motifs is 4. The van der Waals surface area contributed by atoms with Crippen LogP contribution in [0.1, 0.15) is 24.3 Å². The van der Waals surface area contributed by atoms with E-state index in [1.165, 1.54) is 19.2 Å². The van der Waals surface area contributed by atoms with Gasteiger partial charge in [-0.1, -0.05) is 29.3 Å². The van der Waals surface area contributed by atoms with Gasteiger partial charge in [-0.25, -0.2) is 26.9 Å². The lowest BCUT2D eigenvalue weighted by molar-refractivity contribution is -0.138. The van der Waals surface area contributed by atoms with E-state index in [-0.39, 0.29) is 33.2 Å². The Kier molecular flexibility index (Phi) is 6.28. The van der Waals surface area contributed by atoms with Gasteiger partial charge in [0.15, 0.2) is 33.0 Å². The predicted molar refractivity (Wildman–Crippen MR) is 137 cm³/mol. The molecule has 0 bridgehead atoms. The number of carbonyl (C=O) groups is 4. The molecule has 3 fully saturated rings. The Bertz CT molecular complexity index is 1680. The third kappa shape index (κ3) is 3.34. The summed E-state index contributed by atoms with van der Waals surface area (Å²) in [7, 11) is 1.28. The average Bonchev–Trinajstić information content (AvgIpc) is 3.25. The maximum atomic E-state index is 15.0. The molecule has 6 rings (SSSR count). The number of imide groups is 2. The van der Waals surface area contributed by atoms with Crippen LogP contribution >= 0.6 is 34.8 Å². The number of rotatable bonds is 2. The van der Waals surface area contributed by atoms with Crippen LogP contribution in [0.4, 0.5) is 27.6 Å². The Labute approximate surface area is 248 Å². The van der Waals surface area contributed by atoms with Crippen molar-refractivity contribution in [3.05, 3.63) is 69.5 Å². The van der Waals surface area contributed by atoms with Crippen molar-refractivity contribution < 1.29 is 46.2 Å². The van der Waals surface area contributed by atoms with E-state index in [2.05, 4.69) is 0 Å². The number of benzene rings is 2. The minimum Gasteiger partial charge on any atom is -0.508 e. The second-order valence-electron chi connectivity index (χ2n) is 10.6. The number of anilines is 1. The molecular formula is C27H16Cl3F5N2O5. The van der Waals surface area contributed by atoms with Gasteiger partial charge in [-0.2, -0.15) is 0 Å². The van der Waals surface area contributed by atoms with Crippen LogP contribution in [0.3, 0.4) is 0 Å². The maximum Gasteiger partial charge on any atom is 0.258 e. The zero-order valence-electron chi connectivity index (χ0n) is 21.0. The minimum atomic E-state index is -2.68. The first-order chi connectivity index (χ1) is 19.6. The summed E-state index contributed by atoms with van der Waals surface area (Å²) in [4.78, 5) is 49.4. The molecule has 2 saturated heterocycles. The fraction of sp³-hybridized carbons (Fsp3) is 0.333. The number of likely N-dealkylation sites (tertiary alicyclic amines) is 1. The van der Waals surface area contributed by atoms with Gasteiger partial charge < -0.3 is 5.11 Å². The number of nitrogens with zero attached hydrogens (tertiary/aromatic N) is 2. The second kappa shape index (κ2) is 9.14. The van der Waals surface area contributed by atoms with E-state index in [1.807, 2.05) is 0 Å². The third-order valence-corrected chi connectivity index (χ3v) is 10.5. The number of aromatic hydroxyl groups is 1. The van der Waals surface area contributed by atoms with Crippen LogP contribution in [-0.2, 0) is 19.2 Å². The molecule has 0 spiro atoms. The molecule has 42 heavy (non-hydrogen) atoms.